The van der Waals surface area contributed by atoms with Gasteiger partial charge in [0.1, 0.15) is 5.82 Å². The summed E-state index contributed by atoms with van der Waals surface area (Å²) in [6.45, 7) is 3.01. The van der Waals surface area contributed by atoms with E-state index in [9.17, 15) is 22.4 Å². The van der Waals surface area contributed by atoms with E-state index in [2.05, 4.69) is 4.72 Å². The lowest BCUT2D eigenvalue weighted by molar-refractivity contribution is -0.137. The second-order valence-corrected chi connectivity index (χ2v) is 8.02. The quantitative estimate of drug-likeness (QED) is 0.742. The molecule has 0 spiro atoms. The van der Waals surface area contributed by atoms with E-state index >= 15 is 0 Å². The van der Waals surface area contributed by atoms with Crippen LogP contribution in [0.25, 0.3) is 0 Å². The third-order valence-corrected chi connectivity index (χ3v) is 5.41. The highest BCUT2D eigenvalue weighted by Gasteiger charge is 2.23. The molecule has 0 aliphatic carbocycles. The monoisotopic (exact) mass is 408 g/mol. The van der Waals surface area contributed by atoms with E-state index in [0.29, 0.717) is 5.56 Å². The van der Waals surface area contributed by atoms with Gasteiger partial charge in [-0.2, -0.15) is 0 Å². The molecule has 1 amide bonds. The number of nitrogens with one attached hydrogen (secondary N) is 1. The second-order valence-electron chi connectivity index (χ2n) is 6.37. The minimum atomic E-state index is -4.03. The van der Waals surface area contributed by atoms with Gasteiger partial charge in [-0.05, 0) is 55.8 Å². The standard InChI is InChI=1S/C19H21FN2O5S/c1-12-5-6-14(19(24)27-13(2)18(23)22(3)4)11-17(12)28(25,26)21-16-9-7-15(20)8-10-16/h5-11,13,21H,1-4H3/t13-/m1/s1. The Bertz CT molecular complexity index is 988. The Morgan fingerprint density at radius 1 is 1.11 bits per heavy atom. The number of aryl methyl sites for hydroxylation is 1. The lowest BCUT2D eigenvalue weighted by Crippen LogP contribution is -2.34. The number of benzene rings is 2. The number of ether oxygens (including phenoxy) is 1. The number of hydrogen-bond donors (Lipinski definition) is 1. The number of amides is 1. The van der Waals surface area contributed by atoms with Gasteiger partial charge in [0.15, 0.2) is 6.10 Å². The summed E-state index contributed by atoms with van der Waals surface area (Å²) in [6, 6.07) is 8.89. The van der Waals surface area contributed by atoms with E-state index in [1.807, 2.05) is 0 Å². The molecule has 0 aromatic heterocycles. The average Bonchev–Trinajstić information content (AvgIpc) is 2.62. The molecule has 7 nitrogen and oxygen atoms in total. The number of esters is 1. The van der Waals surface area contributed by atoms with E-state index in [0.717, 1.165) is 12.1 Å². The molecule has 2 aromatic rings. The van der Waals surface area contributed by atoms with Crippen LogP contribution in [0, 0.1) is 12.7 Å². The topological polar surface area (TPSA) is 92.8 Å². The lowest BCUT2D eigenvalue weighted by Gasteiger charge is -2.17. The molecular weight excluding hydrogens is 387 g/mol. The molecule has 0 saturated heterocycles. The first-order valence-electron chi connectivity index (χ1n) is 8.32. The Labute approximate surface area is 163 Å². The predicted octanol–water partition coefficient (Wildman–Crippen LogP) is 2.57. The molecule has 0 radical (unpaired) electrons. The van der Waals surface area contributed by atoms with Crippen LogP contribution in [-0.4, -0.2) is 45.4 Å². The molecule has 0 saturated carbocycles. The minimum Gasteiger partial charge on any atom is -0.449 e. The third-order valence-electron chi connectivity index (χ3n) is 3.88. The molecule has 2 aromatic carbocycles. The number of halogens is 1. The van der Waals surface area contributed by atoms with Gasteiger partial charge in [-0.3, -0.25) is 9.52 Å². The van der Waals surface area contributed by atoms with Crippen LogP contribution < -0.4 is 4.72 Å². The van der Waals surface area contributed by atoms with E-state index in [1.165, 1.54) is 56.3 Å². The summed E-state index contributed by atoms with van der Waals surface area (Å²) in [5.74, 6) is -1.71. The number of carbonyl (C=O) groups excluding carboxylic acids is 2. The number of anilines is 1. The highest BCUT2D eigenvalue weighted by Crippen LogP contribution is 2.22. The van der Waals surface area contributed by atoms with Crippen LogP contribution in [0.15, 0.2) is 47.4 Å². The van der Waals surface area contributed by atoms with Crippen molar-refractivity contribution in [2.24, 2.45) is 0 Å². The van der Waals surface area contributed by atoms with Crippen molar-refractivity contribution in [1.29, 1.82) is 0 Å². The molecule has 150 valence electrons. The summed E-state index contributed by atoms with van der Waals surface area (Å²) in [4.78, 5) is 25.3. The SMILES string of the molecule is Cc1ccc(C(=O)O[C@H](C)C(=O)N(C)C)cc1S(=O)(=O)Nc1ccc(F)cc1. The molecule has 28 heavy (non-hydrogen) atoms. The molecule has 2 rings (SSSR count). The van der Waals surface area contributed by atoms with Crippen molar-refractivity contribution < 1.29 is 27.1 Å². The van der Waals surface area contributed by atoms with Crippen LogP contribution in [0.1, 0.15) is 22.8 Å². The van der Waals surface area contributed by atoms with Gasteiger partial charge in [-0.1, -0.05) is 6.07 Å². The smallest absolute Gasteiger partial charge is 0.338 e. The molecule has 9 heteroatoms. The van der Waals surface area contributed by atoms with Crippen molar-refractivity contribution in [3.63, 3.8) is 0 Å². The van der Waals surface area contributed by atoms with E-state index in [-0.39, 0.29) is 16.1 Å². The Morgan fingerprint density at radius 3 is 2.29 bits per heavy atom. The molecule has 0 aliphatic rings. The Kier molecular flexibility index (Phi) is 6.40. The number of likely N-dealkylation sites (N-methyl/N-ethyl adjacent to an activating group) is 1. The first-order valence-corrected chi connectivity index (χ1v) is 9.81. The number of hydrogen-bond acceptors (Lipinski definition) is 5. The van der Waals surface area contributed by atoms with Crippen LogP contribution in [0.4, 0.5) is 10.1 Å². The third kappa shape index (κ3) is 5.07. The number of nitrogens with zero attached hydrogens (tertiary/aromatic N) is 1. The number of carbonyl (C=O) groups is 2. The summed E-state index contributed by atoms with van der Waals surface area (Å²) in [5.41, 5.74) is 0.575. The van der Waals surface area contributed by atoms with Crippen LogP contribution in [0.3, 0.4) is 0 Å². The maximum Gasteiger partial charge on any atom is 0.338 e. The Hall–Kier alpha value is -2.94. The minimum absolute atomic E-state index is 0.0107. The van der Waals surface area contributed by atoms with Crippen molar-refractivity contribution in [3.8, 4) is 0 Å². The van der Waals surface area contributed by atoms with Gasteiger partial charge in [0.25, 0.3) is 15.9 Å². The van der Waals surface area contributed by atoms with Gasteiger partial charge in [0.2, 0.25) is 0 Å². The van der Waals surface area contributed by atoms with Gasteiger partial charge in [-0.25, -0.2) is 17.6 Å². The Morgan fingerprint density at radius 2 is 1.71 bits per heavy atom. The van der Waals surface area contributed by atoms with Crippen molar-refractivity contribution in [1.82, 2.24) is 4.90 Å². The molecule has 0 fully saturated rings. The molecule has 0 bridgehead atoms. The highest BCUT2D eigenvalue weighted by molar-refractivity contribution is 7.92. The number of rotatable bonds is 6. The second kappa shape index (κ2) is 8.39. The maximum atomic E-state index is 13.0. The van der Waals surface area contributed by atoms with Gasteiger partial charge >= 0.3 is 5.97 Å². The zero-order valence-corrected chi connectivity index (χ0v) is 16.7. The van der Waals surface area contributed by atoms with Crippen LogP contribution in [0.5, 0.6) is 0 Å². The van der Waals surface area contributed by atoms with Crippen LogP contribution >= 0.6 is 0 Å². The first-order chi connectivity index (χ1) is 13.0. The molecule has 0 heterocycles. The summed E-state index contributed by atoms with van der Waals surface area (Å²) in [6.07, 6.45) is -1.01. The fourth-order valence-corrected chi connectivity index (χ4v) is 3.72. The van der Waals surface area contributed by atoms with E-state index in [1.54, 1.807) is 6.92 Å². The lowest BCUT2D eigenvalue weighted by atomic mass is 10.1. The normalized spacial score (nSPS) is 12.2. The predicted molar refractivity (Wildman–Crippen MR) is 102 cm³/mol. The summed E-state index contributed by atoms with van der Waals surface area (Å²) >= 11 is 0. The van der Waals surface area contributed by atoms with E-state index < -0.39 is 33.8 Å². The molecular formula is C19H21FN2O5S. The molecule has 1 N–H and O–H groups in total. The fourth-order valence-electron chi connectivity index (χ4n) is 2.39. The summed E-state index contributed by atoms with van der Waals surface area (Å²) in [5, 5.41) is 0. The van der Waals surface area contributed by atoms with Gasteiger partial charge in [-0.15, -0.1) is 0 Å². The largest absolute Gasteiger partial charge is 0.449 e. The van der Waals surface area contributed by atoms with E-state index in [4.69, 9.17) is 4.74 Å². The summed E-state index contributed by atoms with van der Waals surface area (Å²) in [7, 11) is -0.962. The molecule has 1 atom stereocenters. The van der Waals surface area contributed by atoms with Crippen molar-refractivity contribution in [2.75, 3.05) is 18.8 Å². The van der Waals surface area contributed by atoms with Crippen molar-refractivity contribution in [3.05, 3.63) is 59.4 Å². The van der Waals surface area contributed by atoms with Crippen molar-refractivity contribution >= 4 is 27.6 Å². The fraction of sp³-hybridized carbons (Fsp3) is 0.263. The molecule has 0 aliphatic heterocycles. The van der Waals surface area contributed by atoms with Crippen LogP contribution in [-0.2, 0) is 19.6 Å². The zero-order chi connectivity index (χ0) is 21.1. The summed E-state index contributed by atoms with van der Waals surface area (Å²) < 4.78 is 45.8. The zero-order valence-electron chi connectivity index (χ0n) is 15.9. The van der Waals surface area contributed by atoms with Crippen molar-refractivity contribution in [2.45, 2.75) is 24.8 Å². The van der Waals surface area contributed by atoms with Gasteiger partial charge < -0.3 is 9.64 Å². The maximum absolute atomic E-state index is 13.0. The highest BCUT2D eigenvalue weighted by atomic mass is 32.2. The molecule has 0 unspecified atom stereocenters. The van der Waals surface area contributed by atoms with Crippen LogP contribution in [0.2, 0.25) is 0 Å². The van der Waals surface area contributed by atoms with Gasteiger partial charge in [0.05, 0.1) is 10.5 Å². The Balaban J connectivity index is 2.27. The number of sulfonamides is 1. The first kappa shape index (κ1) is 21.4. The average molecular weight is 408 g/mol. The van der Waals surface area contributed by atoms with Gasteiger partial charge in [0, 0.05) is 19.8 Å².